The van der Waals surface area contributed by atoms with E-state index in [1.165, 1.54) is 0 Å². The number of hydrogen-bond acceptors (Lipinski definition) is 3. The Morgan fingerprint density at radius 2 is 2.00 bits per heavy atom. The molecule has 1 N–H and O–H groups in total. The number of benzene rings is 1. The molecule has 0 saturated heterocycles. The number of nitrogens with zero attached hydrogens (tertiary/aromatic N) is 1. The Hall–Kier alpha value is -1.36. The van der Waals surface area contributed by atoms with Gasteiger partial charge in [-0.2, -0.15) is 0 Å². The molecule has 17 heavy (non-hydrogen) atoms. The fourth-order valence-electron chi connectivity index (χ4n) is 1.21. The predicted molar refractivity (Wildman–Crippen MR) is 66.0 cm³/mol. The van der Waals surface area contributed by atoms with Gasteiger partial charge in [0.05, 0.1) is 9.95 Å². The fraction of sp³-hybridized carbons (Fsp3) is 0.455. The van der Waals surface area contributed by atoms with Gasteiger partial charge in [0.2, 0.25) is 0 Å². The van der Waals surface area contributed by atoms with E-state index < -0.39 is 10.7 Å². The number of anilines is 1. The fourth-order valence-corrected chi connectivity index (χ4v) is 1.37. The largest absolute Gasteiger partial charge is 0.377 e. The molecule has 1 aromatic carbocycles. The summed E-state index contributed by atoms with van der Waals surface area (Å²) in [5.41, 5.74) is -0.0676. The Bertz CT molecular complexity index is 438. The van der Waals surface area contributed by atoms with Crippen molar-refractivity contribution in [2.45, 2.75) is 26.8 Å². The molecule has 0 heterocycles. The van der Waals surface area contributed by atoms with E-state index in [4.69, 9.17) is 11.6 Å². The van der Waals surface area contributed by atoms with Gasteiger partial charge in [-0.15, -0.1) is 0 Å². The zero-order chi connectivity index (χ0) is 13.2. The number of halogens is 2. The van der Waals surface area contributed by atoms with Crippen molar-refractivity contribution in [2.24, 2.45) is 5.92 Å². The van der Waals surface area contributed by atoms with Crippen LogP contribution in [0.2, 0.25) is 5.02 Å². The first kappa shape index (κ1) is 13.7. The maximum Gasteiger partial charge on any atom is 0.294 e. The third kappa shape index (κ3) is 3.30. The van der Waals surface area contributed by atoms with Crippen LogP contribution in [0, 0.1) is 21.8 Å². The Morgan fingerprint density at radius 1 is 1.41 bits per heavy atom. The predicted octanol–water partition coefficient (Wildman–Crippen LogP) is 3.84. The molecule has 0 amide bonds. The van der Waals surface area contributed by atoms with E-state index >= 15 is 0 Å². The lowest BCUT2D eigenvalue weighted by atomic mass is 10.1. The number of rotatable bonds is 4. The van der Waals surface area contributed by atoms with Gasteiger partial charge in [0, 0.05) is 18.2 Å². The number of nitro benzene ring substituents is 1. The van der Waals surface area contributed by atoms with Gasteiger partial charge in [0.1, 0.15) is 11.5 Å². The average molecular weight is 261 g/mol. The summed E-state index contributed by atoms with van der Waals surface area (Å²) in [6.45, 7) is 5.81. The van der Waals surface area contributed by atoms with Crippen LogP contribution in [0.15, 0.2) is 12.1 Å². The highest BCUT2D eigenvalue weighted by Crippen LogP contribution is 2.31. The second-order valence-electron chi connectivity index (χ2n) is 4.22. The molecule has 0 spiro atoms. The first-order chi connectivity index (χ1) is 7.82. The first-order valence-electron chi connectivity index (χ1n) is 5.23. The van der Waals surface area contributed by atoms with Crippen molar-refractivity contribution < 1.29 is 9.31 Å². The molecule has 1 aromatic rings. The van der Waals surface area contributed by atoms with Gasteiger partial charge in [-0.3, -0.25) is 10.1 Å². The minimum atomic E-state index is -0.671. The van der Waals surface area contributed by atoms with Crippen molar-refractivity contribution in [3.05, 3.63) is 33.1 Å². The van der Waals surface area contributed by atoms with Gasteiger partial charge in [0.15, 0.2) is 0 Å². The normalized spacial score (nSPS) is 12.6. The van der Waals surface area contributed by atoms with Crippen LogP contribution >= 0.6 is 11.6 Å². The lowest BCUT2D eigenvalue weighted by molar-refractivity contribution is -0.384. The van der Waals surface area contributed by atoms with E-state index in [1.807, 2.05) is 20.8 Å². The molecule has 0 aromatic heterocycles. The van der Waals surface area contributed by atoms with Crippen LogP contribution in [0.5, 0.6) is 0 Å². The van der Waals surface area contributed by atoms with Gasteiger partial charge < -0.3 is 5.32 Å². The summed E-state index contributed by atoms with van der Waals surface area (Å²) in [4.78, 5) is 10.2. The average Bonchev–Trinajstić information content (AvgIpc) is 2.22. The standard InChI is InChI=1S/C11H14ClFN2O2/c1-6(2)7(3)14-10-5-9(13)8(12)4-11(10)15(16)17/h4-7,14H,1-3H3. The quantitative estimate of drug-likeness (QED) is 0.661. The van der Waals surface area contributed by atoms with Gasteiger partial charge >= 0.3 is 0 Å². The van der Waals surface area contributed by atoms with E-state index in [1.54, 1.807) is 0 Å². The maximum atomic E-state index is 13.3. The van der Waals surface area contributed by atoms with Crippen molar-refractivity contribution in [3.63, 3.8) is 0 Å². The number of hydrogen-bond donors (Lipinski definition) is 1. The Labute approximate surface area is 104 Å². The smallest absolute Gasteiger partial charge is 0.294 e. The molecule has 0 aliphatic rings. The topological polar surface area (TPSA) is 55.2 Å². The van der Waals surface area contributed by atoms with Crippen LogP contribution in [0.4, 0.5) is 15.8 Å². The Kier molecular flexibility index (Phi) is 4.28. The molecule has 0 bridgehead atoms. The second-order valence-corrected chi connectivity index (χ2v) is 4.62. The van der Waals surface area contributed by atoms with Gasteiger partial charge in [-0.05, 0) is 12.8 Å². The van der Waals surface area contributed by atoms with Gasteiger partial charge in [-0.1, -0.05) is 25.4 Å². The molecule has 4 nitrogen and oxygen atoms in total. The van der Waals surface area contributed by atoms with Crippen molar-refractivity contribution in [2.75, 3.05) is 5.32 Å². The molecule has 0 aliphatic carbocycles. The molecular weight excluding hydrogens is 247 g/mol. The molecular formula is C11H14ClFN2O2. The molecule has 0 aliphatic heterocycles. The van der Waals surface area contributed by atoms with Gasteiger partial charge in [0.25, 0.3) is 5.69 Å². The second kappa shape index (κ2) is 5.31. The summed E-state index contributed by atoms with van der Waals surface area (Å²) in [5, 5.41) is 13.5. The van der Waals surface area contributed by atoms with Crippen molar-refractivity contribution >= 4 is 23.0 Å². The van der Waals surface area contributed by atoms with Crippen LogP contribution in [0.1, 0.15) is 20.8 Å². The van der Waals surface area contributed by atoms with E-state index in [2.05, 4.69) is 5.32 Å². The number of nitrogens with one attached hydrogen (secondary N) is 1. The zero-order valence-electron chi connectivity index (χ0n) is 9.83. The summed E-state index contributed by atoms with van der Waals surface area (Å²) in [5.74, 6) is -0.399. The SMILES string of the molecule is CC(C)C(C)Nc1cc(F)c(Cl)cc1[N+](=O)[O-]. The molecule has 0 radical (unpaired) electrons. The minimum absolute atomic E-state index is 0.00530. The van der Waals surface area contributed by atoms with Crippen molar-refractivity contribution in [3.8, 4) is 0 Å². The highest BCUT2D eigenvalue weighted by molar-refractivity contribution is 6.31. The molecule has 0 saturated carbocycles. The van der Waals surface area contributed by atoms with Crippen LogP contribution in [-0.4, -0.2) is 11.0 Å². The molecule has 6 heteroatoms. The lowest BCUT2D eigenvalue weighted by Gasteiger charge is -2.18. The molecule has 94 valence electrons. The van der Waals surface area contributed by atoms with E-state index in [9.17, 15) is 14.5 Å². The molecule has 1 rings (SSSR count). The van der Waals surface area contributed by atoms with Gasteiger partial charge in [-0.25, -0.2) is 4.39 Å². The summed E-state index contributed by atoms with van der Waals surface area (Å²) in [6.07, 6.45) is 0. The summed E-state index contributed by atoms with van der Waals surface area (Å²) in [6, 6.07) is 2.07. The Morgan fingerprint density at radius 3 is 2.47 bits per heavy atom. The Balaban J connectivity index is 3.13. The molecule has 0 fully saturated rings. The lowest BCUT2D eigenvalue weighted by Crippen LogP contribution is -2.22. The third-order valence-electron chi connectivity index (χ3n) is 2.62. The monoisotopic (exact) mass is 260 g/mol. The summed E-state index contributed by atoms with van der Waals surface area (Å²) in [7, 11) is 0. The van der Waals surface area contributed by atoms with E-state index in [0.717, 1.165) is 12.1 Å². The number of nitro groups is 1. The molecule has 1 atom stereocenters. The molecule has 1 unspecified atom stereocenters. The van der Waals surface area contributed by atoms with Crippen LogP contribution < -0.4 is 5.32 Å². The van der Waals surface area contributed by atoms with Crippen LogP contribution in [0.25, 0.3) is 0 Å². The van der Waals surface area contributed by atoms with E-state index in [-0.39, 0.29) is 28.4 Å². The van der Waals surface area contributed by atoms with Crippen molar-refractivity contribution in [1.82, 2.24) is 0 Å². The summed E-state index contributed by atoms with van der Waals surface area (Å²) >= 11 is 5.52. The van der Waals surface area contributed by atoms with E-state index in [0.29, 0.717) is 0 Å². The maximum absolute atomic E-state index is 13.3. The zero-order valence-corrected chi connectivity index (χ0v) is 10.6. The van der Waals surface area contributed by atoms with Crippen LogP contribution in [0.3, 0.4) is 0 Å². The summed E-state index contributed by atoms with van der Waals surface area (Å²) < 4.78 is 13.3. The highest BCUT2D eigenvalue weighted by atomic mass is 35.5. The first-order valence-corrected chi connectivity index (χ1v) is 5.60. The third-order valence-corrected chi connectivity index (χ3v) is 2.91. The van der Waals surface area contributed by atoms with Crippen LogP contribution in [-0.2, 0) is 0 Å². The minimum Gasteiger partial charge on any atom is -0.377 e. The highest BCUT2D eigenvalue weighted by Gasteiger charge is 2.19. The van der Waals surface area contributed by atoms with Crippen molar-refractivity contribution in [1.29, 1.82) is 0 Å².